The van der Waals surface area contributed by atoms with Crippen LogP contribution >= 0.6 is 24.4 Å². The molecule has 0 fully saturated rings. The van der Waals surface area contributed by atoms with E-state index in [9.17, 15) is 0 Å². The van der Waals surface area contributed by atoms with Crippen LogP contribution in [0, 0.1) is 0 Å². The number of thiol groups is 1. The van der Waals surface area contributed by atoms with Crippen molar-refractivity contribution in [2.45, 2.75) is 78.3 Å². The molecule has 238 valence electrons. The summed E-state index contributed by atoms with van der Waals surface area (Å²) in [6, 6.07) is 0.914. The highest BCUT2D eigenvalue weighted by Gasteiger charge is 2.36. The van der Waals surface area contributed by atoms with Gasteiger partial charge in [0.05, 0.1) is 0 Å². The molecule has 0 aliphatic rings. The molecule has 0 amide bonds. The summed E-state index contributed by atoms with van der Waals surface area (Å²) in [6.45, 7) is 12.0. The first-order valence-electron chi connectivity index (χ1n) is 12.7. The van der Waals surface area contributed by atoms with E-state index in [-0.39, 0.29) is 0 Å². The highest BCUT2D eigenvalue weighted by atomic mass is 32.2. The van der Waals surface area contributed by atoms with Gasteiger partial charge in [-0.2, -0.15) is 24.4 Å². The van der Waals surface area contributed by atoms with E-state index in [1.807, 2.05) is 24.4 Å². The number of aliphatic hydroxyl groups is 1. The summed E-state index contributed by atoms with van der Waals surface area (Å²) in [4.78, 5) is 0. The Balaban J connectivity index is -0.0000000733. The highest BCUT2D eigenvalue weighted by molar-refractivity contribution is 7.99. The van der Waals surface area contributed by atoms with Crippen LogP contribution in [0.3, 0.4) is 0 Å². The molecule has 39 heavy (non-hydrogen) atoms. The first-order valence-corrected chi connectivity index (χ1v) is 20.1. The number of rotatable bonds is 16. The molecule has 0 rings (SSSR count). The van der Waals surface area contributed by atoms with Crippen LogP contribution in [0.1, 0.15) is 65.7 Å². The summed E-state index contributed by atoms with van der Waals surface area (Å²) in [5, 5.41) is 7.00. The van der Waals surface area contributed by atoms with Crippen LogP contribution in [0.15, 0.2) is 12.7 Å². The summed E-state index contributed by atoms with van der Waals surface area (Å²) in [5.74, 6) is 3.46. The predicted molar refractivity (Wildman–Crippen MR) is 172 cm³/mol. The molecule has 16 heteroatoms. The Bertz CT molecular complexity index is 444. The van der Waals surface area contributed by atoms with Gasteiger partial charge >= 0.3 is 36.7 Å². The van der Waals surface area contributed by atoms with E-state index in [2.05, 4.69) is 40.0 Å². The van der Waals surface area contributed by atoms with E-state index in [0.717, 1.165) is 31.7 Å². The van der Waals surface area contributed by atoms with Gasteiger partial charge in [-0.15, -0.1) is 6.58 Å². The van der Waals surface area contributed by atoms with Crippen molar-refractivity contribution < 1.29 is 45.1 Å². The van der Waals surface area contributed by atoms with Gasteiger partial charge in [0, 0.05) is 48.7 Å². The van der Waals surface area contributed by atoms with Crippen molar-refractivity contribution in [3.63, 3.8) is 0 Å². The zero-order valence-corrected chi connectivity index (χ0v) is 32.0. The summed E-state index contributed by atoms with van der Waals surface area (Å²) < 4.78 is 59.3. The predicted octanol–water partition coefficient (Wildman–Crippen LogP) is 4.98. The molecule has 0 saturated heterocycles. The smallest absolute Gasteiger partial charge is 0.400 e. The van der Waals surface area contributed by atoms with E-state index in [1.165, 1.54) is 43.6 Å². The van der Waals surface area contributed by atoms with Gasteiger partial charge in [0.25, 0.3) is 0 Å². The molecular weight excluding hydrogens is 613 g/mol. The van der Waals surface area contributed by atoms with Crippen LogP contribution in [0.25, 0.3) is 0 Å². The van der Waals surface area contributed by atoms with E-state index < -0.39 is 36.7 Å². The molecule has 0 aliphatic carbocycles. The van der Waals surface area contributed by atoms with Gasteiger partial charge in [-0.25, -0.2) is 0 Å². The van der Waals surface area contributed by atoms with E-state index in [1.54, 1.807) is 35.5 Å². The van der Waals surface area contributed by atoms with Crippen LogP contribution in [-0.4, -0.2) is 102 Å². The molecule has 0 bridgehead atoms. The van der Waals surface area contributed by atoms with Crippen LogP contribution in [0.5, 0.6) is 0 Å². The Hall–Kier alpha value is 0.268. The first-order chi connectivity index (χ1) is 18.7. The lowest BCUT2D eigenvalue weighted by atomic mass is 10.3. The number of hydrogen-bond acceptors (Lipinski definition) is 12. The minimum atomic E-state index is -2.31. The molecule has 0 heterocycles. The first kappa shape index (κ1) is 55.2. The fourth-order valence-electron chi connectivity index (χ4n) is 1.80. The van der Waals surface area contributed by atoms with Gasteiger partial charge in [0.15, 0.2) is 0 Å². The number of allylic oxidation sites excluding steroid dienone is 1. The average Bonchev–Trinajstić information content (AvgIpc) is 2.97. The average molecular weight is 671 g/mol. The van der Waals surface area contributed by atoms with Crippen molar-refractivity contribution in [2.24, 2.45) is 0 Å². The lowest BCUT2D eigenvalue weighted by molar-refractivity contribution is 0.123. The fourth-order valence-corrected chi connectivity index (χ4v) is 4.94. The quantitative estimate of drug-likeness (QED) is 0.0997. The molecule has 0 atom stereocenters. The third-order valence-electron chi connectivity index (χ3n) is 3.98. The maximum absolute atomic E-state index is 8.40. The zero-order chi connectivity index (χ0) is 32.2. The topological polar surface area (TPSA) is 135 Å². The lowest BCUT2D eigenvalue weighted by Crippen LogP contribution is -2.42. The SMILES string of the molecule is C=CCCC.CCCCCSCCC[Si](OC)(OC)OC.CCCS.CO.CO[SiH](C)OC.O=[Si]=O.O=[Si]=O. The monoisotopic (exact) mass is 670 g/mol. The van der Waals surface area contributed by atoms with Crippen LogP contribution in [0.2, 0.25) is 12.6 Å². The number of aliphatic hydroxyl groups excluding tert-OH is 1. The lowest BCUT2D eigenvalue weighted by Gasteiger charge is -2.24. The van der Waals surface area contributed by atoms with Gasteiger partial charge in [-0.1, -0.05) is 46.1 Å². The fraction of sp³-hybridized carbons (Fsp3) is 0.913. The third kappa shape index (κ3) is 73.0. The minimum absolute atomic E-state index is 0.914. The maximum atomic E-state index is 8.40. The van der Waals surface area contributed by atoms with Crippen molar-refractivity contribution in [3.05, 3.63) is 12.7 Å². The van der Waals surface area contributed by atoms with Gasteiger partial charge in [0.1, 0.15) is 0 Å². The molecule has 0 saturated carbocycles. The summed E-state index contributed by atoms with van der Waals surface area (Å²) in [7, 11) is 3.06. The molecule has 10 nitrogen and oxygen atoms in total. The van der Waals surface area contributed by atoms with Gasteiger partial charge in [-0.3, -0.25) is 17.8 Å². The second-order valence-electron chi connectivity index (χ2n) is 6.73. The van der Waals surface area contributed by atoms with Crippen molar-refractivity contribution in [1.82, 2.24) is 0 Å². The third-order valence-corrected chi connectivity index (χ3v) is 9.74. The van der Waals surface area contributed by atoms with Crippen molar-refractivity contribution in [3.8, 4) is 0 Å². The number of thioether (sulfide) groups is 1. The molecule has 1 N–H and O–H groups in total. The zero-order valence-electron chi connectivity index (χ0n) is 26.1. The van der Waals surface area contributed by atoms with Crippen LogP contribution in [0.4, 0.5) is 0 Å². The normalized spacial score (nSPS) is 8.74. The Labute approximate surface area is 256 Å². The van der Waals surface area contributed by atoms with E-state index >= 15 is 0 Å². The van der Waals surface area contributed by atoms with Crippen molar-refractivity contribution in [1.29, 1.82) is 0 Å². The Morgan fingerprint density at radius 1 is 0.821 bits per heavy atom. The largest absolute Gasteiger partial charge is 0.549 e. The van der Waals surface area contributed by atoms with E-state index in [0.29, 0.717) is 0 Å². The Morgan fingerprint density at radius 3 is 1.41 bits per heavy atom. The van der Waals surface area contributed by atoms with Gasteiger partial charge in [-0.05, 0) is 49.5 Å². The van der Waals surface area contributed by atoms with E-state index in [4.69, 9.17) is 45.1 Å². The standard InChI is InChI=1S/C11H26O3SSi.C5H10.C3H10O2Si.C3H8S.CH4O.2O2Si/c1-5-6-7-9-15-10-8-11-16(12-2,13-3)14-4;1-3-5-4-2;1-4-6(3)5-2;1-2-3-4;1-2;2*1-3-2/h5-11H2,1-4H3;3H,1,4-5H2,2H3;6H,1-3H3;4H,2-3H2,1H3;2H,1H3;;. The second kappa shape index (κ2) is 62.0. The molecule has 0 aromatic rings. The van der Waals surface area contributed by atoms with Crippen LogP contribution in [-0.2, 0) is 40.0 Å². The Morgan fingerprint density at radius 2 is 1.21 bits per heavy atom. The molecule has 0 spiro atoms. The summed E-state index contributed by atoms with van der Waals surface area (Å²) >= 11 is 5.94. The van der Waals surface area contributed by atoms with Gasteiger partial charge < -0.3 is 27.2 Å². The molecule has 0 unspecified atom stereocenters. The van der Waals surface area contributed by atoms with Crippen LogP contribution < -0.4 is 0 Å². The molecule has 0 aromatic heterocycles. The number of unbranched alkanes of at least 4 members (excludes halogenated alkanes) is 3. The molecule has 0 aromatic carbocycles. The second-order valence-corrected chi connectivity index (χ2v) is 13.9. The van der Waals surface area contributed by atoms with Gasteiger partial charge in [0.2, 0.25) is 0 Å². The number of hydrogen-bond donors (Lipinski definition) is 2. The van der Waals surface area contributed by atoms with Crippen molar-refractivity contribution >= 4 is 61.1 Å². The Kier molecular flexibility index (Phi) is 87.9. The summed E-state index contributed by atoms with van der Waals surface area (Å²) in [5.41, 5.74) is 0. The maximum Gasteiger partial charge on any atom is 0.549 e. The highest BCUT2D eigenvalue weighted by Crippen LogP contribution is 2.17. The molecular formula is C23H58O10S2Si4. The molecule has 0 aliphatic heterocycles. The molecule has 0 radical (unpaired) electrons. The summed E-state index contributed by atoms with van der Waals surface area (Å²) in [6.07, 6.45) is 10.6. The van der Waals surface area contributed by atoms with Crippen molar-refractivity contribution in [2.75, 3.05) is 59.9 Å². The minimum Gasteiger partial charge on any atom is -0.400 e.